The minimum absolute atomic E-state index is 0.177. The maximum atomic E-state index is 13.2. The number of halogens is 2. The van der Waals surface area contributed by atoms with Crippen molar-refractivity contribution in [2.24, 2.45) is 0 Å². The number of nitrogens with zero attached hydrogens (tertiary/aromatic N) is 2. The number of benzene rings is 2. The summed E-state index contributed by atoms with van der Waals surface area (Å²) in [6, 6.07) is 11.3. The highest BCUT2D eigenvalue weighted by molar-refractivity contribution is 6.44. The van der Waals surface area contributed by atoms with Gasteiger partial charge in [-0.2, -0.15) is 10.5 Å². The fraction of sp³-hybridized carbons (Fsp3) is 0.208. The third kappa shape index (κ3) is 3.69. The van der Waals surface area contributed by atoms with Crippen molar-refractivity contribution in [3.63, 3.8) is 0 Å². The maximum Gasteiger partial charge on any atom is 0.182 e. The van der Waals surface area contributed by atoms with E-state index in [0.29, 0.717) is 18.4 Å². The number of ether oxygens (including phenoxy) is 1. The quantitative estimate of drug-likeness (QED) is 0.500. The molecule has 32 heavy (non-hydrogen) atoms. The van der Waals surface area contributed by atoms with E-state index < -0.39 is 11.9 Å². The number of ketones is 1. The van der Waals surface area contributed by atoms with Gasteiger partial charge in [0.05, 0.1) is 0 Å². The predicted molar refractivity (Wildman–Crippen MR) is 122 cm³/mol. The molecule has 4 rings (SSSR count). The van der Waals surface area contributed by atoms with Crippen LogP contribution >= 0.6 is 23.2 Å². The van der Waals surface area contributed by atoms with Crippen molar-refractivity contribution in [3.05, 3.63) is 63.3 Å². The van der Waals surface area contributed by atoms with Gasteiger partial charge in [-0.15, -0.1) is 0 Å². The van der Waals surface area contributed by atoms with E-state index in [9.17, 15) is 20.4 Å². The van der Waals surface area contributed by atoms with Crippen LogP contribution in [0.3, 0.4) is 0 Å². The summed E-state index contributed by atoms with van der Waals surface area (Å²) in [5.41, 5.74) is 1.74. The van der Waals surface area contributed by atoms with Gasteiger partial charge in [0.2, 0.25) is 0 Å². The first-order valence-corrected chi connectivity index (χ1v) is 10.7. The van der Waals surface area contributed by atoms with Crippen molar-refractivity contribution in [1.82, 2.24) is 4.98 Å². The minimum Gasteiger partial charge on any atom is -0.505 e. The number of phenols is 1. The van der Waals surface area contributed by atoms with Gasteiger partial charge in [0, 0.05) is 34.7 Å². The molecule has 6 nitrogen and oxygen atoms in total. The van der Waals surface area contributed by atoms with Crippen LogP contribution in [0.5, 0.6) is 11.5 Å². The van der Waals surface area contributed by atoms with Gasteiger partial charge in [-0.3, -0.25) is 4.79 Å². The number of hydrogen-bond acceptors (Lipinski definition) is 5. The molecular weight excluding hydrogens is 449 g/mol. The lowest BCUT2D eigenvalue weighted by molar-refractivity contribution is -0.123. The van der Waals surface area contributed by atoms with E-state index in [1.165, 1.54) is 0 Å². The van der Waals surface area contributed by atoms with Crippen LogP contribution in [-0.4, -0.2) is 22.0 Å². The van der Waals surface area contributed by atoms with Gasteiger partial charge in [0.15, 0.2) is 23.4 Å². The molecular formula is C24H17Cl2N3O3. The highest BCUT2D eigenvalue weighted by Crippen LogP contribution is 2.45. The molecule has 8 heteroatoms. The van der Waals surface area contributed by atoms with Crippen molar-refractivity contribution in [3.8, 4) is 23.6 Å². The number of fused-ring (bicyclic) bond motifs is 1. The van der Waals surface area contributed by atoms with E-state index in [4.69, 9.17) is 27.9 Å². The van der Waals surface area contributed by atoms with Crippen LogP contribution in [0.4, 0.5) is 0 Å². The van der Waals surface area contributed by atoms with Crippen LogP contribution < -0.4 is 4.74 Å². The van der Waals surface area contributed by atoms with Gasteiger partial charge < -0.3 is 14.8 Å². The Kier molecular flexibility index (Phi) is 6.10. The zero-order valence-electron chi connectivity index (χ0n) is 16.8. The Hall–Kier alpha value is -3.45. The van der Waals surface area contributed by atoms with Crippen LogP contribution in [0.2, 0.25) is 10.0 Å². The summed E-state index contributed by atoms with van der Waals surface area (Å²) < 4.78 is 6.09. The number of nitriles is 2. The Bertz CT molecular complexity index is 1350. The number of nitrogens with one attached hydrogen (secondary N) is 1. The molecule has 2 aromatic carbocycles. The van der Waals surface area contributed by atoms with Crippen LogP contribution in [0.1, 0.15) is 42.4 Å². The van der Waals surface area contributed by atoms with E-state index in [1.54, 1.807) is 6.07 Å². The molecule has 160 valence electrons. The number of para-hydroxylation sites is 1. The van der Waals surface area contributed by atoms with Crippen LogP contribution in [0, 0.1) is 22.7 Å². The molecule has 0 amide bonds. The van der Waals surface area contributed by atoms with Gasteiger partial charge in [0.25, 0.3) is 0 Å². The molecule has 1 unspecified atom stereocenters. The van der Waals surface area contributed by atoms with Crippen LogP contribution in [0.25, 0.3) is 16.5 Å². The van der Waals surface area contributed by atoms with Crippen molar-refractivity contribution >= 4 is 45.5 Å². The Morgan fingerprint density at radius 3 is 2.59 bits per heavy atom. The van der Waals surface area contributed by atoms with E-state index >= 15 is 0 Å². The third-order valence-electron chi connectivity index (χ3n) is 5.49. The summed E-state index contributed by atoms with van der Waals surface area (Å²) >= 11 is 12.4. The number of aromatic amines is 1. The SMILES string of the molecule is N#Cc1c(O)c(Cl)c(Cl)c(OC2C(=O)CCCC/C=C\2c2c[nH]c3ccccc23)c1C#N. The molecule has 0 bridgehead atoms. The molecule has 0 spiro atoms. The lowest BCUT2D eigenvalue weighted by atomic mass is 9.91. The summed E-state index contributed by atoms with van der Waals surface area (Å²) in [5.74, 6) is -0.971. The molecule has 1 heterocycles. The summed E-state index contributed by atoms with van der Waals surface area (Å²) in [6.07, 6.45) is 5.32. The number of Topliss-reactive ketones (excluding diaryl/α,β-unsaturated/α-hetero) is 1. The number of rotatable bonds is 3. The lowest BCUT2D eigenvalue weighted by Crippen LogP contribution is -2.30. The first-order valence-electron chi connectivity index (χ1n) is 9.98. The minimum atomic E-state index is -1.06. The molecule has 0 radical (unpaired) electrons. The zero-order chi connectivity index (χ0) is 22.8. The Balaban J connectivity index is 1.90. The number of aromatic hydroxyl groups is 1. The molecule has 1 atom stereocenters. The van der Waals surface area contributed by atoms with Crippen molar-refractivity contribution in [1.29, 1.82) is 10.5 Å². The second kappa shape index (κ2) is 8.96. The zero-order valence-corrected chi connectivity index (χ0v) is 18.3. The maximum absolute atomic E-state index is 13.2. The van der Waals surface area contributed by atoms with Crippen LogP contribution in [0.15, 0.2) is 36.5 Å². The smallest absolute Gasteiger partial charge is 0.182 e. The van der Waals surface area contributed by atoms with Gasteiger partial charge >= 0.3 is 0 Å². The second-order valence-corrected chi connectivity index (χ2v) is 8.15. The molecule has 1 aromatic heterocycles. The number of aromatic nitrogens is 1. The lowest BCUT2D eigenvalue weighted by Gasteiger charge is -2.24. The highest BCUT2D eigenvalue weighted by atomic mass is 35.5. The number of H-pyrrole nitrogens is 1. The molecule has 1 aliphatic carbocycles. The number of phenolic OH excluding ortho intramolecular Hbond substituents is 1. The normalized spacial score (nSPS) is 18.2. The largest absolute Gasteiger partial charge is 0.505 e. The van der Waals surface area contributed by atoms with E-state index in [1.807, 2.05) is 42.6 Å². The fourth-order valence-corrected chi connectivity index (χ4v) is 4.31. The molecule has 0 saturated carbocycles. The average molecular weight is 466 g/mol. The number of allylic oxidation sites excluding steroid dienone is 1. The predicted octanol–water partition coefficient (Wildman–Crippen LogP) is 5.90. The summed E-state index contributed by atoms with van der Waals surface area (Å²) in [7, 11) is 0. The first-order chi connectivity index (χ1) is 15.5. The van der Waals surface area contributed by atoms with Crippen molar-refractivity contribution in [2.75, 3.05) is 0 Å². The molecule has 0 saturated heterocycles. The summed E-state index contributed by atoms with van der Waals surface area (Å²) in [4.78, 5) is 16.4. The molecule has 0 aliphatic heterocycles. The van der Waals surface area contributed by atoms with Gasteiger partial charge in [0.1, 0.15) is 33.3 Å². The average Bonchev–Trinajstić information content (AvgIpc) is 3.22. The van der Waals surface area contributed by atoms with E-state index in [2.05, 4.69) is 4.98 Å². The van der Waals surface area contributed by atoms with E-state index in [0.717, 1.165) is 29.3 Å². The summed E-state index contributed by atoms with van der Waals surface area (Å²) in [6.45, 7) is 0. The monoisotopic (exact) mass is 465 g/mol. The number of hydrogen-bond donors (Lipinski definition) is 2. The number of carbonyl (C=O) groups excluding carboxylic acids is 1. The Morgan fingerprint density at radius 2 is 1.84 bits per heavy atom. The highest BCUT2D eigenvalue weighted by Gasteiger charge is 2.32. The Labute approximate surface area is 194 Å². The first kappa shape index (κ1) is 21.8. The topological polar surface area (TPSA) is 110 Å². The molecule has 3 aromatic rings. The van der Waals surface area contributed by atoms with Crippen molar-refractivity contribution in [2.45, 2.75) is 31.8 Å². The van der Waals surface area contributed by atoms with Crippen LogP contribution in [-0.2, 0) is 4.79 Å². The van der Waals surface area contributed by atoms with Gasteiger partial charge in [-0.25, -0.2) is 0 Å². The summed E-state index contributed by atoms with van der Waals surface area (Å²) in [5, 5.41) is 29.6. The van der Waals surface area contributed by atoms with Gasteiger partial charge in [-0.05, 0) is 25.3 Å². The van der Waals surface area contributed by atoms with Gasteiger partial charge in [-0.1, -0.05) is 47.5 Å². The van der Waals surface area contributed by atoms with E-state index in [-0.39, 0.29) is 32.7 Å². The standard InChI is InChI=1S/C24H17Cl2N3O3/c25-20-21(26)24(16(11-28)15(10-27)22(20)31)32-23-14(7-2-1-3-9-19(23)30)17-12-29-18-8-5-4-6-13(17)18/h4-8,12,23,29,31H,1-3,9H2/b14-7-. The molecule has 2 N–H and O–H groups in total. The molecule has 1 aliphatic rings. The second-order valence-electron chi connectivity index (χ2n) is 7.40. The third-order valence-corrected chi connectivity index (χ3v) is 6.32. The van der Waals surface area contributed by atoms with Crippen molar-refractivity contribution < 1.29 is 14.6 Å². The fourth-order valence-electron chi connectivity index (χ4n) is 3.90. The number of carbonyl (C=O) groups is 1. The molecule has 0 fully saturated rings. The Morgan fingerprint density at radius 1 is 1.09 bits per heavy atom.